The number of nitrogens with zero attached hydrogens (tertiary/aromatic N) is 1. The van der Waals surface area contributed by atoms with E-state index < -0.39 is 0 Å². The average Bonchev–Trinajstić information content (AvgIpc) is 3.09. The summed E-state index contributed by atoms with van der Waals surface area (Å²) in [5.41, 5.74) is 3.22. The second-order valence-corrected chi connectivity index (χ2v) is 6.48. The molecule has 0 unspecified atom stereocenters. The number of carbonyl (C=O) groups is 1. The van der Waals surface area contributed by atoms with Crippen LogP contribution in [0.2, 0.25) is 5.02 Å². The Kier molecular flexibility index (Phi) is 5.67. The van der Waals surface area contributed by atoms with Gasteiger partial charge in [-0.25, -0.2) is 5.43 Å². The molecule has 3 rings (SSSR count). The van der Waals surface area contributed by atoms with Crippen LogP contribution < -0.4 is 19.6 Å². The monoisotopic (exact) mass is 378 g/mol. The molecule has 1 N–H and O–H groups in total. The summed E-state index contributed by atoms with van der Waals surface area (Å²) in [6, 6.07) is 10.8. The maximum Gasteiger partial charge on any atom is 0.250 e. The number of hydrogen-bond acceptors (Lipinski definition) is 6. The molecule has 1 heterocycles. The summed E-state index contributed by atoms with van der Waals surface area (Å²) in [6.07, 6.45) is 1.52. The highest BCUT2D eigenvalue weighted by Crippen LogP contribution is 2.41. The summed E-state index contributed by atoms with van der Waals surface area (Å²) in [5.74, 6) is 1.77. The molecule has 6 nitrogen and oxygen atoms in total. The van der Waals surface area contributed by atoms with Crippen LogP contribution in [0.25, 0.3) is 0 Å². The maximum atomic E-state index is 11.8. The number of amides is 1. The normalized spacial score (nSPS) is 12.4. The minimum Gasteiger partial charge on any atom is -0.493 e. The highest BCUT2D eigenvalue weighted by Gasteiger charge is 2.19. The smallest absolute Gasteiger partial charge is 0.250 e. The van der Waals surface area contributed by atoms with Crippen molar-refractivity contribution < 1.29 is 19.0 Å². The van der Waals surface area contributed by atoms with Crippen LogP contribution >= 0.6 is 23.4 Å². The molecule has 1 amide bonds. The topological polar surface area (TPSA) is 69.2 Å². The number of thioether (sulfide) groups is 1. The fourth-order valence-corrected chi connectivity index (χ4v) is 2.93. The molecule has 0 saturated heterocycles. The molecular formula is C17H15ClN2O4S. The molecule has 0 saturated carbocycles. The van der Waals surface area contributed by atoms with Crippen molar-refractivity contribution in [3.63, 3.8) is 0 Å². The lowest BCUT2D eigenvalue weighted by atomic mass is 10.2. The maximum absolute atomic E-state index is 11.8. The van der Waals surface area contributed by atoms with Crippen molar-refractivity contribution in [2.75, 3.05) is 19.7 Å². The molecule has 0 bridgehead atoms. The molecule has 0 spiro atoms. The van der Waals surface area contributed by atoms with Gasteiger partial charge in [-0.1, -0.05) is 11.6 Å². The minimum absolute atomic E-state index is 0.158. The van der Waals surface area contributed by atoms with E-state index in [1.807, 2.05) is 12.1 Å². The van der Waals surface area contributed by atoms with Gasteiger partial charge in [0.25, 0.3) is 0 Å². The van der Waals surface area contributed by atoms with E-state index in [0.717, 1.165) is 10.5 Å². The number of nitrogens with one attached hydrogen (secondary N) is 1. The predicted molar refractivity (Wildman–Crippen MR) is 97.0 cm³/mol. The number of hydrazone groups is 1. The third-order valence-corrected chi connectivity index (χ3v) is 4.53. The van der Waals surface area contributed by atoms with Crippen molar-refractivity contribution >= 4 is 35.5 Å². The molecule has 0 aromatic heterocycles. The quantitative estimate of drug-likeness (QED) is 0.474. The van der Waals surface area contributed by atoms with Gasteiger partial charge in [0.15, 0.2) is 11.5 Å². The van der Waals surface area contributed by atoms with Gasteiger partial charge < -0.3 is 14.2 Å². The molecule has 130 valence electrons. The van der Waals surface area contributed by atoms with Crippen LogP contribution in [0, 0.1) is 0 Å². The second kappa shape index (κ2) is 8.13. The average molecular weight is 379 g/mol. The number of halogens is 1. The van der Waals surface area contributed by atoms with Gasteiger partial charge in [-0.15, -0.1) is 11.8 Å². The third kappa shape index (κ3) is 4.58. The van der Waals surface area contributed by atoms with Crippen molar-refractivity contribution in [2.45, 2.75) is 4.90 Å². The SMILES string of the molecule is COc1cc(/C=N\NC(=O)CSc2ccc(Cl)cc2)cc2c1OCO2. The van der Waals surface area contributed by atoms with Crippen LogP contribution in [0.5, 0.6) is 17.2 Å². The van der Waals surface area contributed by atoms with E-state index in [9.17, 15) is 4.79 Å². The van der Waals surface area contributed by atoms with E-state index in [0.29, 0.717) is 22.3 Å². The van der Waals surface area contributed by atoms with Crippen molar-refractivity contribution in [3.05, 3.63) is 47.0 Å². The molecule has 1 aliphatic heterocycles. The van der Waals surface area contributed by atoms with Crippen LogP contribution in [-0.2, 0) is 4.79 Å². The van der Waals surface area contributed by atoms with Crippen molar-refractivity contribution in [1.29, 1.82) is 0 Å². The number of methoxy groups -OCH3 is 1. The Morgan fingerprint density at radius 2 is 2.16 bits per heavy atom. The van der Waals surface area contributed by atoms with Crippen LogP contribution in [0.1, 0.15) is 5.56 Å². The fraction of sp³-hybridized carbons (Fsp3) is 0.176. The summed E-state index contributed by atoms with van der Waals surface area (Å²) in [4.78, 5) is 12.8. The van der Waals surface area contributed by atoms with E-state index in [1.54, 1.807) is 31.4 Å². The van der Waals surface area contributed by atoms with Gasteiger partial charge in [-0.3, -0.25) is 4.79 Å². The van der Waals surface area contributed by atoms with Gasteiger partial charge in [0.2, 0.25) is 18.4 Å². The van der Waals surface area contributed by atoms with Crippen LogP contribution in [0.3, 0.4) is 0 Å². The lowest BCUT2D eigenvalue weighted by Crippen LogP contribution is -2.19. The Labute approximate surface area is 154 Å². The van der Waals surface area contributed by atoms with Gasteiger partial charge in [0, 0.05) is 15.5 Å². The Bertz CT molecular complexity index is 796. The highest BCUT2D eigenvalue weighted by atomic mass is 35.5. The van der Waals surface area contributed by atoms with Crippen molar-refractivity contribution in [3.8, 4) is 17.2 Å². The molecular weight excluding hydrogens is 364 g/mol. The van der Waals surface area contributed by atoms with Gasteiger partial charge in [0.05, 0.1) is 19.1 Å². The van der Waals surface area contributed by atoms with Crippen LogP contribution in [-0.4, -0.2) is 31.8 Å². The van der Waals surface area contributed by atoms with Crippen LogP contribution in [0.15, 0.2) is 46.4 Å². The van der Waals surface area contributed by atoms with Gasteiger partial charge in [0.1, 0.15) is 0 Å². The number of ether oxygens (including phenoxy) is 3. The highest BCUT2D eigenvalue weighted by molar-refractivity contribution is 8.00. The first-order chi connectivity index (χ1) is 12.2. The number of carbonyl (C=O) groups excluding carboxylic acids is 1. The zero-order valence-corrected chi connectivity index (χ0v) is 14.9. The summed E-state index contributed by atoms with van der Waals surface area (Å²) in [6.45, 7) is 0.158. The van der Waals surface area contributed by atoms with Gasteiger partial charge >= 0.3 is 0 Å². The lowest BCUT2D eigenvalue weighted by molar-refractivity contribution is -0.118. The standard InChI is InChI=1S/C17H15ClN2O4S/c1-22-14-6-11(7-15-17(14)24-10-23-15)8-19-20-16(21)9-25-13-4-2-12(18)3-5-13/h2-8H,9-10H2,1H3,(H,20,21)/b19-8-. The fourth-order valence-electron chi connectivity index (χ4n) is 2.12. The molecule has 8 heteroatoms. The van der Waals surface area contributed by atoms with E-state index in [4.69, 9.17) is 25.8 Å². The van der Waals surface area contributed by atoms with Crippen molar-refractivity contribution in [1.82, 2.24) is 5.43 Å². The van der Waals surface area contributed by atoms with Gasteiger partial charge in [-0.05, 0) is 36.4 Å². The first-order valence-corrected chi connectivity index (χ1v) is 8.70. The van der Waals surface area contributed by atoms with Crippen molar-refractivity contribution in [2.24, 2.45) is 5.10 Å². The number of fused-ring (bicyclic) bond motifs is 1. The molecule has 0 atom stereocenters. The van der Waals surface area contributed by atoms with Gasteiger partial charge in [-0.2, -0.15) is 5.10 Å². The summed E-state index contributed by atoms with van der Waals surface area (Å²) in [5, 5.41) is 4.62. The molecule has 0 aliphatic carbocycles. The van der Waals surface area contributed by atoms with E-state index >= 15 is 0 Å². The Balaban J connectivity index is 1.54. The van der Waals surface area contributed by atoms with E-state index in [2.05, 4.69) is 10.5 Å². The zero-order chi connectivity index (χ0) is 17.6. The van der Waals surface area contributed by atoms with E-state index in [-0.39, 0.29) is 18.5 Å². The summed E-state index contributed by atoms with van der Waals surface area (Å²) in [7, 11) is 1.55. The summed E-state index contributed by atoms with van der Waals surface area (Å²) >= 11 is 7.23. The minimum atomic E-state index is -0.205. The Hall–Kier alpha value is -2.38. The Morgan fingerprint density at radius 3 is 2.92 bits per heavy atom. The zero-order valence-electron chi connectivity index (χ0n) is 13.3. The number of hydrogen-bond donors (Lipinski definition) is 1. The Morgan fingerprint density at radius 1 is 1.36 bits per heavy atom. The molecule has 0 fully saturated rings. The number of benzene rings is 2. The molecule has 2 aromatic rings. The molecule has 1 aliphatic rings. The molecule has 2 aromatic carbocycles. The number of rotatable bonds is 6. The van der Waals surface area contributed by atoms with E-state index in [1.165, 1.54) is 18.0 Å². The third-order valence-electron chi connectivity index (χ3n) is 3.27. The molecule has 25 heavy (non-hydrogen) atoms. The largest absolute Gasteiger partial charge is 0.493 e. The predicted octanol–water partition coefficient (Wildman–Crippen LogP) is 3.32. The lowest BCUT2D eigenvalue weighted by Gasteiger charge is -2.05. The van der Waals surface area contributed by atoms with Crippen LogP contribution in [0.4, 0.5) is 0 Å². The first kappa shape index (κ1) is 17.4. The second-order valence-electron chi connectivity index (χ2n) is 4.99. The first-order valence-electron chi connectivity index (χ1n) is 7.33. The molecule has 0 radical (unpaired) electrons. The summed E-state index contributed by atoms with van der Waals surface area (Å²) < 4.78 is 15.9.